The van der Waals surface area contributed by atoms with Crippen LogP contribution in [0.4, 0.5) is 0 Å². The molecule has 0 amide bonds. The number of nitrogens with zero attached hydrogens (tertiary/aromatic N) is 2. The van der Waals surface area contributed by atoms with Crippen LogP contribution < -0.4 is 5.56 Å². The van der Waals surface area contributed by atoms with Gasteiger partial charge in [-0.3, -0.25) is 9.78 Å². The Labute approximate surface area is 112 Å². The molecule has 0 bridgehead atoms. The highest BCUT2D eigenvalue weighted by Gasteiger charge is 2.15. The molecule has 0 unspecified atom stereocenters. The number of aromatic hydroxyl groups is 1. The molecule has 0 fully saturated rings. The molecule has 5 nitrogen and oxygen atoms in total. The summed E-state index contributed by atoms with van der Waals surface area (Å²) >= 11 is 3.27. The fraction of sp³-hybridized carbons (Fsp3) is 0.250. The van der Waals surface area contributed by atoms with Gasteiger partial charge >= 0.3 is 0 Å². The van der Waals surface area contributed by atoms with E-state index in [1.165, 1.54) is 0 Å². The molecular formula is C12H12BrN3O2. The Morgan fingerprint density at radius 2 is 2.11 bits per heavy atom. The number of rotatable bonds is 2. The highest BCUT2D eigenvalue weighted by Crippen LogP contribution is 2.21. The molecule has 0 aromatic carbocycles. The molecule has 6 heteroatoms. The van der Waals surface area contributed by atoms with Crippen LogP contribution in [-0.2, 0) is 0 Å². The normalized spacial score (nSPS) is 10.9. The summed E-state index contributed by atoms with van der Waals surface area (Å²) in [7, 11) is 0. The zero-order valence-corrected chi connectivity index (χ0v) is 11.5. The van der Waals surface area contributed by atoms with Crippen LogP contribution in [0.3, 0.4) is 0 Å². The van der Waals surface area contributed by atoms with E-state index in [2.05, 4.69) is 30.9 Å². The van der Waals surface area contributed by atoms with Crippen LogP contribution in [0.2, 0.25) is 0 Å². The summed E-state index contributed by atoms with van der Waals surface area (Å²) in [5.74, 6) is -0.0731. The Kier molecular flexibility index (Phi) is 3.47. The third kappa shape index (κ3) is 2.43. The Morgan fingerprint density at radius 3 is 2.61 bits per heavy atom. The van der Waals surface area contributed by atoms with Crippen molar-refractivity contribution < 1.29 is 5.11 Å². The Hall–Kier alpha value is -1.69. The van der Waals surface area contributed by atoms with E-state index < -0.39 is 0 Å². The van der Waals surface area contributed by atoms with E-state index in [1.54, 1.807) is 18.3 Å². The molecule has 2 aromatic rings. The maximum absolute atomic E-state index is 11.8. The van der Waals surface area contributed by atoms with Crippen LogP contribution in [-0.4, -0.2) is 20.1 Å². The number of nitrogens with one attached hydrogen (secondary N) is 1. The Balaban J connectivity index is 2.55. The summed E-state index contributed by atoms with van der Waals surface area (Å²) in [4.78, 5) is 22.6. The van der Waals surface area contributed by atoms with Gasteiger partial charge in [-0.1, -0.05) is 13.8 Å². The van der Waals surface area contributed by atoms with Gasteiger partial charge in [-0.25, -0.2) is 0 Å². The minimum atomic E-state index is -0.336. The molecule has 2 N–H and O–H groups in total. The van der Waals surface area contributed by atoms with Crippen molar-refractivity contribution in [1.29, 1.82) is 0 Å². The predicted molar refractivity (Wildman–Crippen MR) is 71.5 cm³/mol. The van der Waals surface area contributed by atoms with Crippen molar-refractivity contribution in [3.63, 3.8) is 0 Å². The molecule has 0 atom stereocenters. The van der Waals surface area contributed by atoms with Crippen LogP contribution in [0.1, 0.15) is 25.3 Å². The van der Waals surface area contributed by atoms with E-state index in [4.69, 9.17) is 0 Å². The molecule has 2 heterocycles. The maximum Gasteiger partial charge on any atom is 0.258 e. The van der Waals surface area contributed by atoms with Gasteiger partial charge < -0.3 is 10.1 Å². The second kappa shape index (κ2) is 4.89. The van der Waals surface area contributed by atoms with E-state index in [0.29, 0.717) is 5.69 Å². The molecular weight excluding hydrogens is 298 g/mol. The zero-order valence-electron chi connectivity index (χ0n) is 9.94. The molecule has 2 rings (SSSR count). The smallest absolute Gasteiger partial charge is 0.258 e. The summed E-state index contributed by atoms with van der Waals surface area (Å²) < 4.78 is 0.830. The second-order valence-electron chi connectivity index (χ2n) is 4.17. The molecule has 18 heavy (non-hydrogen) atoms. The first-order valence-corrected chi connectivity index (χ1v) is 6.23. The summed E-state index contributed by atoms with van der Waals surface area (Å²) in [6.45, 7) is 3.65. The van der Waals surface area contributed by atoms with Crippen molar-refractivity contribution in [1.82, 2.24) is 15.0 Å². The lowest BCUT2D eigenvalue weighted by Crippen LogP contribution is -2.16. The Bertz CT molecular complexity index is 620. The van der Waals surface area contributed by atoms with Crippen LogP contribution in [0.5, 0.6) is 5.88 Å². The summed E-state index contributed by atoms with van der Waals surface area (Å²) in [5.41, 5.74) is 0.453. The topological polar surface area (TPSA) is 78.9 Å². The van der Waals surface area contributed by atoms with Crippen molar-refractivity contribution in [3.05, 3.63) is 38.7 Å². The van der Waals surface area contributed by atoms with Gasteiger partial charge in [-0.15, -0.1) is 0 Å². The average Bonchev–Trinajstić information content (AvgIpc) is 2.28. The average molecular weight is 310 g/mol. The predicted octanol–water partition coefficient (Wildman–Crippen LogP) is 2.42. The lowest BCUT2D eigenvalue weighted by Gasteiger charge is -2.07. The summed E-state index contributed by atoms with van der Waals surface area (Å²) in [5, 5.41) is 9.79. The van der Waals surface area contributed by atoms with Crippen molar-refractivity contribution in [2.75, 3.05) is 0 Å². The summed E-state index contributed by atoms with van der Waals surface area (Å²) in [6, 6.07) is 3.49. The SMILES string of the molecule is CC(C)c1c(O)nc(-c2ccc(Br)cn2)[nH]c1=O. The van der Waals surface area contributed by atoms with Crippen molar-refractivity contribution >= 4 is 15.9 Å². The van der Waals surface area contributed by atoms with Gasteiger partial charge in [0.05, 0.1) is 5.56 Å². The van der Waals surface area contributed by atoms with Crippen molar-refractivity contribution in [3.8, 4) is 17.4 Å². The van der Waals surface area contributed by atoms with Crippen LogP contribution in [0.25, 0.3) is 11.5 Å². The fourth-order valence-corrected chi connectivity index (χ4v) is 1.86. The minimum Gasteiger partial charge on any atom is -0.493 e. The molecule has 0 aliphatic rings. The number of H-pyrrole nitrogens is 1. The lowest BCUT2D eigenvalue weighted by molar-refractivity contribution is 0.440. The first-order valence-electron chi connectivity index (χ1n) is 5.44. The van der Waals surface area contributed by atoms with Gasteiger partial charge in [0.1, 0.15) is 5.69 Å². The minimum absolute atomic E-state index is 0.0897. The van der Waals surface area contributed by atoms with Gasteiger partial charge in [0.15, 0.2) is 5.82 Å². The molecule has 94 valence electrons. The van der Waals surface area contributed by atoms with E-state index in [-0.39, 0.29) is 28.7 Å². The van der Waals surface area contributed by atoms with E-state index >= 15 is 0 Å². The lowest BCUT2D eigenvalue weighted by atomic mass is 10.1. The number of aromatic nitrogens is 3. The van der Waals surface area contributed by atoms with Gasteiger partial charge in [0.2, 0.25) is 5.88 Å². The molecule has 0 aliphatic heterocycles. The highest BCUT2D eigenvalue weighted by molar-refractivity contribution is 9.10. The van der Waals surface area contributed by atoms with Gasteiger partial charge in [-0.05, 0) is 34.0 Å². The van der Waals surface area contributed by atoms with Gasteiger partial charge in [-0.2, -0.15) is 4.98 Å². The molecule has 2 aromatic heterocycles. The highest BCUT2D eigenvalue weighted by atomic mass is 79.9. The Morgan fingerprint density at radius 1 is 1.39 bits per heavy atom. The summed E-state index contributed by atoms with van der Waals surface area (Å²) in [6.07, 6.45) is 1.60. The van der Waals surface area contributed by atoms with E-state index in [1.807, 2.05) is 13.8 Å². The van der Waals surface area contributed by atoms with Crippen LogP contribution in [0, 0.1) is 0 Å². The number of hydrogen-bond donors (Lipinski definition) is 2. The number of aromatic amines is 1. The standard InChI is InChI=1S/C12H12BrN3O2/c1-6(2)9-11(17)15-10(16-12(9)18)8-4-3-7(13)5-14-8/h3-6H,1-2H3,(H2,15,16,17,18). The largest absolute Gasteiger partial charge is 0.493 e. The third-order valence-electron chi connectivity index (χ3n) is 2.48. The molecule has 0 spiro atoms. The quantitative estimate of drug-likeness (QED) is 0.893. The van der Waals surface area contributed by atoms with Gasteiger partial charge in [0, 0.05) is 10.7 Å². The molecule has 0 saturated carbocycles. The zero-order chi connectivity index (χ0) is 13.3. The van der Waals surface area contributed by atoms with Crippen molar-refractivity contribution in [2.24, 2.45) is 0 Å². The number of pyridine rings is 1. The van der Waals surface area contributed by atoms with Crippen molar-refractivity contribution in [2.45, 2.75) is 19.8 Å². The first-order chi connectivity index (χ1) is 8.49. The third-order valence-corrected chi connectivity index (χ3v) is 2.95. The first kappa shape index (κ1) is 12.8. The molecule has 0 radical (unpaired) electrons. The molecule has 0 saturated heterocycles. The van der Waals surface area contributed by atoms with Gasteiger partial charge in [0.25, 0.3) is 5.56 Å². The number of halogens is 1. The number of hydrogen-bond acceptors (Lipinski definition) is 4. The van der Waals surface area contributed by atoms with E-state index in [9.17, 15) is 9.90 Å². The molecule has 0 aliphatic carbocycles. The second-order valence-corrected chi connectivity index (χ2v) is 5.08. The van der Waals surface area contributed by atoms with E-state index in [0.717, 1.165) is 4.47 Å². The van der Waals surface area contributed by atoms with Crippen LogP contribution >= 0.6 is 15.9 Å². The monoisotopic (exact) mass is 309 g/mol. The fourth-order valence-electron chi connectivity index (χ4n) is 1.63. The van der Waals surface area contributed by atoms with Crippen LogP contribution in [0.15, 0.2) is 27.6 Å². The maximum atomic E-state index is 11.8.